The summed E-state index contributed by atoms with van der Waals surface area (Å²) in [7, 11) is -2.65. The predicted molar refractivity (Wildman–Crippen MR) is 140 cm³/mol. The topological polar surface area (TPSA) is 202 Å². The number of anilines is 2. The Morgan fingerprint density at radius 3 is 2.51 bits per heavy atom. The maximum Gasteiger partial charge on any atom is 0.254 e. The molecule has 1 saturated carbocycles. The molecule has 1 saturated heterocycles. The lowest BCUT2D eigenvalue weighted by molar-refractivity contribution is -0.146. The number of aromatic nitrogens is 4. The quantitative estimate of drug-likeness (QED) is 0.327. The average molecular weight is 597 g/mol. The number of primary amides is 1. The number of hydrogen-bond acceptors (Lipinski definition) is 11. The van der Waals surface area contributed by atoms with Gasteiger partial charge in [-0.05, 0) is 30.5 Å². The number of ether oxygens (including phenoxy) is 1. The van der Waals surface area contributed by atoms with Gasteiger partial charge >= 0.3 is 0 Å². The molecule has 41 heavy (non-hydrogen) atoms. The van der Waals surface area contributed by atoms with Crippen molar-refractivity contribution in [3.8, 4) is 5.88 Å². The number of hydrogen-bond donors (Lipinski definition) is 3. The number of amides is 1. The zero-order chi connectivity index (χ0) is 30.0. The smallest absolute Gasteiger partial charge is 0.254 e. The van der Waals surface area contributed by atoms with Gasteiger partial charge in [-0.2, -0.15) is 5.10 Å². The van der Waals surface area contributed by atoms with E-state index in [1.165, 1.54) is 19.2 Å². The molecule has 6 atom stereocenters. The first-order valence-electron chi connectivity index (χ1n) is 12.4. The molecular weight excluding hydrogens is 569 g/mol. The van der Waals surface area contributed by atoms with E-state index in [0.717, 1.165) is 28.2 Å². The Kier molecular flexibility index (Phi) is 6.84. The van der Waals surface area contributed by atoms with E-state index in [1.807, 2.05) is 0 Å². The van der Waals surface area contributed by atoms with Gasteiger partial charge in [0.25, 0.3) is 5.91 Å². The SMILES string of the molecule is COc1ncc(C2C(F)CN(c3cc(C(N)S(C)(=O)=O)c4c(N)ncnn34)C2C(=O)C2(F)CCC2F)cc1C(N)=O. The van der Waals surface area contributed by atoms with Crippen LogP contribution in [0.1, 0.15) is 45.6 Å². The summed E-state index contributed by atoms with van der Waals surface area (Å²) in [5, 5.41) is 2.50. The lowest BCUT2D eigenvalue weighted by Gasteiger charge is -2.40. The van der Waals surface area contributed by atoms with E-state index >= 15 is 8.78 Å². The van der Waals surface area contributed by atoms with Gasteiger partial charge in [0.1, 0.15) is 47.0 Å². The Bertz CT molecular complexity index is 1670. The van der Waals surface area contributed by atoms with Crippen LogP contribution in [0.25, 0.3) is 5.52 Å². The lowest BCUT2D eigenvalue weighted by Crippen LogP contribution is -2.59. The third-order valence-corrected chi connectivity index (χ3v) is 8.92. The van der Waals surface area contributed by atoms with Gasteiger partial charge in [0.15, 0.2) is 21.4 Å². The molecule has 17 heteroatoms. The van der Waals surface area contributed by atoms with E-state index < -0.39 is 69.8 Å². The number of methoxy groups -OCH3 is 1. The standard InChI is InChI=1S/C24H27F3N8O5S/c1-40-23-12(21(29)37)5-10(7-31-23)16-13(25)8-34(18(16)19(36)24(27)4-3-14(24)26)15-6-11(22(30)41(2,38)39)17-20(28)32-9-33-35(15)17/h5-7,9,13-14,16,18,22H,3-4,8,30H2,1-2H3,(H2,29,37)(H2,28,32,33). The first-order valence-corrected chi connectivity index (χ1v) is 14.3. The fraction of sp³-hybridized carbons (Fsp3) is 0.458. The summed E-state index contributed by atoms with van der Waals surface area (Å²) in [5.41, 5.74) is 14.3. The molecule has 6 unspecified atom stereocenters. The van der Waals surface area contributed by atoms with Crippen LogP contribution in [0.15, 0.2) is 24.7 Å². The van der Waals surface area contributed by atoms with Gasteiger partial charge in [-0.15, -0.1) is 0 Å². The van der Waals surface area contributed by atoms with Crippen LogP contribution in [0.2, 0.25) is 0 Å². The molecule has 1 aliphatic carbocycles. The van der Waals surface area contributed by atoms with Crippen LogP contribution in [0.3, 0.4) is 0 Å². The Hall–Kier alpha value is -3.99. The molecule has 1 amide bonds. The number of rotatable bonds is 8. The predicted octanol–water partition coefficient (Wildman–Crippen LogP) is 0.536. The fourth-order valence-corrected chi connectivity index (χ4v) is 6.13. The molecule has 0 radical (unpaired) electrons. The maximum atomic E-state index is 16.0. The third-order valence-electron chi connectivity index (χ3n) is 7.74. The number of nitrogen functional groups attached to an aromatic ring is 1. The van der Waals surface area contributed by atoms with E-state index in [-0.39, 0.29) is 46.1 Å². The number of nitrogens with zero attached hydrogens (tertiary/aromatic N) is 5. The summed E-state index contributed by atoms with van der Waals surface area (Å²) in [6, 6.07) is 0.761. The van der Waals surface area contributed by atoms with Gasteiger partial charge in [0, 0.05) is 23.9 Å². The van der Waals surface area contributed by atoms with Crippen molar-refractivity contribution in [2.24, 2.45) is 11.5 Å². The molecule has 6 N–H and O–H groups in total. The second kappa shape index (κ2) is 9.83. The van der Waals surface area contributed by atoms with E-state index in [2.05, 4.69) is 15.1 Å². The van der Waals surface area contributed by atoms with Crippen molar-refractivity contribution in [3.63, 3.8) is 0 Å². The first kappa shape index (κ1) is 28.5. The van der Waals surface area contributed by atoms with Crippen molar-refractivity contribution in [1.82, 2.24) is 19.6 Å². The fourth-order valence-electron chi connectivity index (χ4n) is 5.49. The molecular formula is C24H27F3N8O5S. The highest BCUT2D eigenvalue weighted by Crippen LogP contribution is 2.48. The molecule has 3 aromatic rings. The van der Waals surface area contributed by atoms with E-state index in [1.54, 1.807) is 0 Å². The number of carbonyl (C=O) groups excluding carboxylic acids is 2. The van der Waals surface area contributed by atoms with Crippen LogP contribution in [0.4, 0.5) is 24.8 Å². The molecule has 5 rings (SSSR count). The lowest BCUT2D eigenvalue weighted by atomic mass is 9.72. The molecule has 3 aromatic heterocycles. The van der Waals surface area contributed by atoms with Crippen LogP contribution in [-0.2, 0) is 14.6 Å². The normalized spacial score (nSPS) is 27.0. The highest BCUT2D eigenvalue weighted by molar-refractivity contribution is 7.90. The highest BCUT2D eigenvalue weighted by atomic mass is 32.2. The number of alkyl halides is 3. The monoisotopic (exact) mass is 596 g/mol. The van der Waals surface area contributed by atoms with Crippen molar-refractivity contribution < 1.29 is 35.9 Å². The molecule has 2 aliphatic rings. The van der Waals surface area contributed by atoms with Gasteiger partial charge in [-0.1, -0.05) is 0 Å². The molecule has 13 nitrogen and oxygen atoms in total. The van der Waals surface area contributed by atoms with Crippen molar-refractivity contribution in [3.05, 3.63) is 41.3 Å². The number of sulfone groups is 1. The number of halogens is 3. The molecule has 0 bridgehead atoms. The zero-order valence-electron chi connectivity index (χ0n) is 21.9. The minimum atomic E-state index is -3.89. The number of carbonyl (C=O) groups is 2. The highest BCUT2D eigenvalue weighted by Gasteiger charge is 2.61. The molecule has 220 valence electrons. The number of pyridine rings is 1. The van der Waals surface area contributed by atoms with Crippen LogP contribution >= 0.6 is 0 Å². The second-order valence-electron chi connectivity index (χ2n) is 10.2. The summed E-state index contributed by atoms with van der Waals surface area (Å²) >= 11 is 0. The van der Waals surface area contributed by atoms with Crippen LogP contribution < -0.4 is 26.8 Å². The van der Waals surface area contributed by atoms with Crippen LogP contribution in [0.5, 0.6) is 5.88 Å². The number of fused-ring (bicyclic) bond motifs is 1. The average Bonchev–Trinajstić information content (AvgIpc) is 3.48. The van der Waals surface area contributed by atoms with E-state index in [9.17, 15) is 22.4 Å². The Morgan fingerprint density at radius 2 is 1.95 bits per heavy atom. The molecule has 2 fully saturated rings. The summed E-state index contributed by atoms with van der Waals surface area (Å²) in [6.07, 6.45) is -1.49. The summed E-state index contributed by atoms with van der Waals surface area (Å²) < 4.78 is 77.1. The number of ketones is 1. The van der Waals surface area contributed by atoms with Gasteiger partial charge in [0.2, 0.25) is 11.5 Å². The minimum absolute atomic E-state index is 0.00865. The minimum Gasteiger partial charge on any atom is -0.480 e. The Morgan fingerprint density at radius 1 is 1.24 bits per heavy atom. The van der Waals surface area contributed by atoms with Crippen molar-refractivity contribution in [1.29, 1.82) is 0 Å². The molecule has 0 spiro atoms. The molecule has 1 aliphatic heterocycles. The summed E-state index contributed by atoms with van der Waals surface area (Å²) in [5.74, 6) is -3.99. The third kappa shape index (κ3) is 4.43. The molecule has 0 aromatic carbocycles. The largest absolute Gasteiger partial charge is 0.480 e. The van der Waals surface area contributed by atoms with Crippen molar-refractivity contribution >= 4 is 38.7 Å². The van der Waals surface area contributed by atoms with Gasteiger partial charge in [-0.25, -0.2) is 36.1 Å². The summed E-state index contributed by atoms with van der Waals surface area (Å²) in [4.78, 5) is 34.9. The maximum absolute atomic E-state index is 16.0. The van der Waals surface area contributed by atoms with Gasteiger partial charge < -0.3 is 26.8 Å². The Balaban J connectivity index is 1.72. The van der Waals surface area contributed by atoms with Crippen LogP contribution in [0, 0.1) is 0 Å². The van der Waals surface area contributed by atoms with Crippen molar-refractivity contribution in [2.45, 2.75) is 48.2 Å². The van der Waals surface area contributed by atoms with E-state index in [4.69, 9.17) is 21.9 Å². The number of nitrogens with two attached hydrogens (primary N) is 3. The molecule has 4 heterocycles. The van der Waals surface area contributed by atoms with Gasteiger partial charge in [0.05, 0.1) is 13.7 Å². The Labute approximate surface area is 231 Å². The second-order valence-corrected chi connectivity index (χ2v) is 12.3. The van der Waals surface area contributed by atoms with Gasteiger partial charge in [-0.3, -0.25) is 9.59 Å². The first-order chi connectivity index (χ1) is 19.2. The summed E-state index contributed by atoms with van der Waals surface area (Å²) in [6.45, 7) is -0.532. The van der Waals surface area contributed by atoms with Crippen LogP contribution in [-0.4, -0.2) is 83.7 Å². The van der Waals surface area contributed by atoms with Crippen molar-refractivity contribution in [2.75, 3.05) is 30.5 Å². The number of Topliss-reactive ketones (excluding diaryl/α,β-unsaturated/α-hetero) is 1. The zero-order valence-corrected chi connectivity index (χ0v) is 22.7. The van der Waals surface area contributed by atoms with E-state index in [0.29, 0.717) is 0 Å².